The second kappa shape index (κ2) is 4.56. The van der Waals surface area contributed by atoms with Crippen molar-refractivity contribution in [2.24, 2.45) is 0 Å². The molecule has 0 aliphatic carbocycles. The molecule has 10 heteroatoms. The van der Waals surface area contributed by atoms with Gasteiger partial charge >= 0.3 is 16.2 Å². The van der Waals surface area contributed by atoms with Crippen LogP contribution in [0.4, 0.5) is 19.4 Å². The predicted octanol–water partition coefficient (Wildman–Crippen LogP) is 3.61. The number of aliphatic hydroxyl groups excluding tert-OH is 1. The zero-order valence-corrected chi connectivity index (χ0v) is 12.0. The van der Waals surface area contributed by atoms with Crippen molar-refractivity contribution in [1.82, 2.24) is 4.90 Å². The molecule has 0 saturated carbocycles. The number of carboxylic acids is 1. The van der Waals surface area contributed by atoms with Crippen LogP contribution in [-0.2, 0) is 6.54 Å². The molecule has 2 N–H and O–H groups in total. The number of halogens is 5. The standard InChI is InChI=1S/C12H14F5NO3S/c13-22(14,15,16,17)11-4-8(3-9(5-11)12(20)21)6-18-2-1-10(19)7-18/h3-5,10,19H,1-2,6-7H2,(H,20,21). The van der Waals surface area contributed by atoms with E-state index in [1.165, 1.54) is 0 Å². The van der Waals surface area contributed by atoms with Crippen molar-refractivity contribution in [2.45, 2.75) is 24.0 Å². The van der Waals surface area contributed by atoms with Gasteiger partial charge in [-0.3, -0.25) is 4.90 Å². The number of hydrogen-bond acceptors (Lipinski definition) is 3. The zero-order chi connectivity index (χ0) is 16.8. The van der Waals surface area contributed by atoms with Crippen LogP contribution < -0.4 is 0 Å². The van der Waals surface area contributed by atoms with Crippen LogP contribution in [0.25, 0.3) is 0 Å². The van der Waals surface area contributed by atoms with Crippen LogP contribution >= 0.6 is 10.2 Å². The molecular weight excluding hydrogens is 333 g/mol. The Labute approximate surface area is 122 Å². The number of hydrogen-bond donors (Lipinski definition) is 2. The fourth-order valence-corrected chi connectivity index (χ4v) is 3.04. The lowest BCUT2D eigenvalue weighted by Crippen LogP contribution is -2.22. The molecule has 0 spiro atoms. The molecule has 0 amide bonds. The van der Waals surface area contributed by atoms with Crippen molar-refractivity contribution in [3.63, 3.8) is 0 Å². The van der Waals surface area contributed by atoms with Crippen LogP contribution in [0.2, 0.25) is 0 Å². The fraction of sp³-hybridized carbons (Fsp3) is 0.417. The van der Waals surface area contributed by atoms with Crippen LogP contribution in [0.15, 0.2) is 23.1 Å². The van der Waals surface area contributed by atoms with Gasteiger partial charge in [-0.25, -0.2) is 4.79 Å². The average Bonchev–Trinajstić information content (AvgIpc) is 2.71. The number of aliphatic hydroxyl groups is 1. The Morgan fingerprint density at radius 1 is 1.23 bits per heavy atom. The van der Waals surface area contributed by atoms with Gasteiger partial charge in [0.05, 0.1) is 11.7 Å². The highest BCUT2D eigenvalue weighted by molar-refractivity contribution is 8.45. The fourth-order valence-electron chi connectivity index (χ4n) is 2.31. The van der Waals surface area contributed by atoms with Gasteiger partial charge < -0.3 is 10.2 Å². The van der Waals surface area contributed by atoms with Crippen molar-refractivity contribution < 1.29 is 34.4 Å². The first kappa shape index (κ1) is 17.0. The van der Waals surface area contributed by atoms with Gasteiger partial charge in [0.25, 0.3) is 0 Å². The van der Waals surface area contributed by atoms with E-state index in [4.69, 9.17) is 5.11 Å². The number of β-amino-alcohol motifs (C(OH)–C–C–N with tert-alkyl or cyclic N) is 1. The Morgan fingerprint density at radius 2 is 1.86 bits per heavy atom. The van der Waals surface area contributed by atoms with Gasteiger partial charge in [0.1, 0.15) is 4.90 Å². The summed E-state index contributed by atoms with van der Waals surface area (Å²) in [5.41, 5.74) is -1.03. The normalized spacial score (nSPS) is 23.1. The van der Waals surface area contributed by atoms with Crippen molar-refractivity contribution in [1.29, 1.82) is 0 Å². The van der Waals surface area contributed by atoms with Crippen LogP contribution in [0, 0.1) is 0 Å². The summed E-state index contributed by atoms with van der Waals surface area (Å²) in [5, 5.41) is 18.2. The molecule has 1 saturated heterocycles. The molecule has 0 aromatic heterocycles. The summed E-state index contributed by atoms with van der Waals surface area (Å²) in [6.07, 6.45) is -0.203. The number of rotatable bonds is 4. The zero-order valence-electron chi connectivity index (χ0n) is 11.2. The Morgan fingerprint density at radius 3 is 2.32 bits per heavy atom. The second-order valence-electron chi connectivity index (χ2n) is 5.32. The highest BCUT2D eigenvalue weighted by Gasteiger charge is 2.65. The molecule has 0 radical (unpaired) electrons. The maximum Gasteiger partial charge on any atom is 0.335 e. The quantitative estimate of drug-likeness (QED) is 0.817. The lowest BCUT2D eigenvalue weighted by atomic mass is 10.1. The van der Waals surface area contributed by atoms with E-state index in [2.05, 4.69) is 0 Å². The third kappa shape index (κ3) is 4.08. The Balaban J connectivity index is 2.43. The van der Waals surface area contributed by atoms with Gasteiger partial charge in [-0.15, -0.1) is 0 Å². The third-order valence-corrected chi connectivity index (χ3v) is 4.44. The van der Waals surface area contributed by atoms with Gasteiger partial charge in [-0.2, -0.15) is 0 Å². The van der Waals surface area contributed by atoms with Crippen LogP contribution in [0.1, 0.15) is 22.3 Å². The highest BCUT2D eigenvalue weighted by Crippen LogP contribution is 3.02. The maximum absolute atomic E-state index is 12.9. The lowest BCUT2D eigenvalue weighted by Gasteiger charge is -2.41. The van der Waals surface area contributed by atoms with Crippen molar-refractivity contribution in [3.8, 4) is 0 Å². The highest BCUT2D eigenvalue weighted by atomic mass is 32.5. The first-order valence-corrected chi connectivity index (χ1v) is 8.21. The van der Waals surface area contributed by atoms with Crippen molar-refractivity contribution in [3.05, 3.63) is 29.3 Å². The monoisotopic (exact) mass is 347 g/mol. The van der Waals surface area contributed by atoms with Gasteiger partial charge in [0.2, 0.25) is 0 Å². The smallest absolute Gasteiger partial charge is 0.335 e. The molecule has 1 heterocycles. The summed E-state index contributed by atoms with van der Waals surface area (Å²) in [6, 6.07) is 1.16. The second-order valence-corrected chi connectivity index (χ2v) is 7.73. The maximum atomic E-state index is 12.9. The molecule has 0 bridgehead atoms. The van der Waals surface area contributed by atoms with E-state index >= 15 is 0 Å². The molecule has 22 heavy (non-hydrogen) atoms. The first-order chi connectivity index (χ1) is 9.74. The molecule has 4 nitrogen and oxygen atoms in total. The van der Waals surface area contributed by atoms with Crippen LogP contribution in [0.5, 0.6) is 0 Å². The van der Waals surface area contributed by atoms with Crippen LogP contribution in [-0.4, -0.2) is 40.3 Å². The molecule has 1 aromatic rings. The SMILES string of the molecule is O=C(O)c1cc(CN2CCC(O)C2)cc(S(F)(F)(F)(F)F)c1. The minimum absolute atomic E-state index is 0.0494. The van der Waals surface area contributed by atoms with Crippen molar-refractivity contribution in [2.75, 3.05) is 13.1 Å². The van der Waals surface area contributed by atoms with Gasteiger partial charge in [0, 0.05) is 19.6 Å². The topological polar surface area (TPSA) is 60.8 Å². The number of aromatic carboxylic acids is 1. The van der Waals surface area contributed by atoms with E-state index in [9.17, 15) is 29.3 Å². The summed E-state index contributed by atoms with van der Waals surface area (Å²) >= 11 is 0. The Hall–Kier alpha value is -1.39. The summed E-state index contributed by atoms with van der Waals surface area (Å²) in [6.45, 7) is 0.451. The molecule has 1 aliphatic rings. The van der Waals surface area contributed by atoms with Gasteiger partial charge in [0.15, 0.2) is 0 Å². The number of nitrogens with zero attached hydrogens (tertiary/aromatic N) is 1. The van der Waals surface area contributed by atoms with Gasteiger partial charge in [-0.05, 0) is 30.2 Å². The van der Waals surface area contributed by atoms with Crippen molar-refractivity contribution >= 4 is 16.2 Å². The van der Waals surface area contributed by atoms with E-state index in [1.54, 1.807) is 4.90 Å². The number of likely N-dealkylation sites (tertiary alicyclic amines) is 1. The number of carbonyl (C=O) groups is 1. The minimum Gasteiger partial charge on any atom is -0.478 e. The summed E-state index contributed by atoms with van der Waals surface area (Å²) < 4.78 is 64.5. The van der Waals surface area contributed by atoms with E-state index in [0.29, 0.717) is 13.0 Å². The molecule has 2 rings (SSSR count). The van der Waals surface area contributed by atoms with E-state index in [0.717, 1.165) is 6.07 Å². The molecule has 1 aromatic carbocycles. The number of benzene rings is 1. The Bertz CT molecular complexity index is 619. The van der Waals surface area contributed by atoms with E-state index in [1.807, 2.05) is 0 Å². The number of carboxylic acid groups (broad SMARTS) is 1. The molecule has 1 unspecified atom stereocenters. The lowest BCUT2D eigenvalue weighted by molar-refractivity contribution is 0.0696. The third-order valence-electron chi connectivity index (χ3n) is 3.31. The minimum atomic E-state index is -9.96. The molecule has 126 valence electrons. The van der Waals surface area contributed by atoms with E-state index < -0.39 is 32.8 Å². The summed E-state index contributed by atoms with van der Waals surface area (Å²) in [5.74, 6) is -1.72. The average molecular weight is 347 g/mol. The molecule has 1 fully saturated rings. The largest absolute Gasteiger partial charge is 0.478 e. The van der Waals surface area contributed by atoms with Gasteiger partial charge in [-0.1, -0.05) is 19.4 Å². The van der Waals surface area contributed by atoms with Crippen LogP contribution in [0.3, 0.4) is 0 Å². The summed E-state index contributed by atoms with van der Waals surface area (Å²) in [7, 11) is -9.96. The predicted molar refractivity (Wildman–Crippen MR) is 70.7 cm³/mol. The summed E-state index contributed by atoms with van der Waals surface area (Å²) in [4.78, 5) is 10.2. The first-order valence-electron chi connectivity index (χ1n) is 6.26. The molecule has 1 atom stereocenters. The Kier molecular flexibility index (Phi) is 3.51. The molecule has 1 aliphatic heterocycles. The molecular formula is C12H14F5NO3S. The van der Waals surface area contributed by atoms with E-state index in [-0.39, 0.29) is 30.8 Å².